The van der Waals surface area contributed by atoms with Gasteiger partial charge in [0.2, 0.25) is 0 Å². The molecule has 192 valence electrons. The first-order chi connectivity index (χ1) is 17.5. The molecule has 3 aromatic heterocycles. The minimum Gasteiger partial charge on any atom is -0.475 e. The molecule has 3 atom stereocenters. The first-order valence-corrected chi connectivity index (χ1v) is 12.7. The number of hydrogen-bond acceptors (Lipinski definition) is 9. The number of amides is 1. The lowest BCUT2D eigenvalue weighted by Crippen LogP contribution is -2.36. The third-order valence-corrected chi connectivity index (χ3v) is 7.42. The van der Waals surface area contributed by atoms with E-state index in [-0.39, 0.29) is 23.7 Å². The minimum absolute atomic E-state index is 0.0723. The Labute approximate surface area is 208 Å². The van der Waals surface area contributed by atoms with Gasteiger partial charge in [-0.25, -0.2) is 14.8 Å². The molecule has 0 bridgehead atoms. The molecular weight excluding hydrogens is 464 g/mol. The van der Waals surface area contributed by atoms with Crippen molar-refractivity contribution >= 4 is 28.8 Å². The van der Waals surface area contributed by atoms with Gasteiger partial charge in [0.25, 0.3) is 5.88 Å². The van der Waals surface area contributed by atoms with Crippen LogP contribution in [0.1, 0.15) is 57.1 Å². The minimum atomic E-state index is -0.309. The SMILES string of the molecule is Cn1nc(OCC2CCOC2)c2ncnc(Nc3cc(C4CCC(OC(=O)NC5(C)CC5)C4)[nH]n3)c21. The largest absolute Gasteiger partial charge is 0.475 e. The Morgan fingerprint density at radius 3 is 3.00 bits per heavy atom. The van der Waals surface area contributed by atoms with Gasteiger partial charge < -0.3 is 24.8 Å². The molecule has 12 nitrogen and oxygen atoms in total. The van der Waals surface area contributed by atoms with Crippen LogP contribution in [0, 0.1) is 5.92 Å². The Morgan fingerprint density at radius 1 is 1.31 bits per heavy atom. The van der Waals surface area contributed by atoms with Gasteiger partial charge in [0.05, 0.1) is 13.2 Å². The number of fused-ring (bicyclic) bond motifs is 1. The van der Waals surface area contributed by atoms with E-state index in [4.69, 9.17) is 14.2 Å². The normalized spacial score (nSPS) is 24.7. The van der Waals surface area contributed by atoms with E-state index >= 15 is 0 Å². The van der Waals surface area contributed by atoms with E-state index in [9.17, 15) is 4.79 Å². The number of carbonyl (C=O) groups excluding carboxylic acids is 1. The maximum atomic E-state index is 12.2. The summed E-state index contributed by atoms with van der Waals surface area (Å²) in [6.45, 7) is 4.09. The molecule has 0 aromatic carbocycles. The van der Waals surface area contributed by atoms with Gasteiger partial charge in [0.1, 0.15) is 17.9 Å². The van der Waals surface area contributed by atoms with Crippen LogP contribution in [-0.4, -0.2) is 67.5 Å². The van der Waals surface area contributed by atoms with Crippen molar-refractivity contribution in [2.45, 2.75) is 63.0 Å². The fraction of sp³-hybridized carbons (Fsp3) is 0.625. The summed E-state index contributed by atoms with van der Waals surface area (Å²) >= 11 is 0. The van der Waals surface area contributed by atoms with Crippen LogP contribution in [0.2, 0.25) is 0 Å². The van der Waals surface area contributed by atoms with Crippen molar-refractivity contribution in [3.8, 4) is 5.88 Å². The van der Waals surface area contributed by atoms with E-state index < -0.39 is 0 Å². The zero-order valence-corrected chi connectivity index (χ0v) is 20.6. The smallest absolute Gasteiger partial charge is 0.407 e. The molecule has 1 amide bonds. The summed E-state index contributed by atoms with van der Waals surface area (Å²) in [6, 6.07) is 1.99. The third kappa shape index (κ3) is 4.81. The monoisotopic (exact) mass is 496 g/mol. The number of H-pyrrole nitrogens is 1. The molecule has 3 N–H and O–H groups in total. The fourth-order valence-electron chi connectivity index (χ4n) is 4.98. The van der Waals surface area contributed by atoms with Crippen LogP contribution in [0.4, 0.5) is 16.4 Å². The van der Waals surface area contributed by atoms with Gasteiger partial charge in [-0.05, 0) is 45.4 Å². The summed E-state index contributed by atoms with van der Waals surface area (Å²) in [5, 5.41) is 18.3. The number of ether oxygens (including phenoxy) is 3. The molecule has 2 aliphatic carbocycles. The molecule has 0 spiro atoms. The average Bonchev–Trinajstić information content (AvgIpc) is 3.40. The average molecular weight is 497 g/mol. The van der Waals surface area contributed by atoms with Gasteiger partial charge in [0, 0.05) is 42.8 Å². The molecule has 36 heavy (non-hydrogen) atoms. The fourth-order valence-corrected chi connectivity index (χ4v) is 4.98. The molecular formula is C24H32N8O4. The van der Waals surface area contributed by atoms with Crippen LogP contribution in [0.15, 0.2) is 12.4 Å². The van der Waals surface area contributed by atoms with E-state index in [1.165, 1.54) is 6.33 Å². The van der Waals surface area contributed by atoms with Crippen molar-refractivity contribution in [1.82, 2.24) is 35.3 Å². The van der Waals surface area contributed by atoms with Crippen LogP contribution < -0.4 is 15.4 Å². The second-order valence-electron chi connectivity index (χ2n) is 10.4. The van der Waals surface area contributed by atoms with Gasteiger partial charge in [0.15, 0.2) is 17.2 Å². The lowest BCUT2D eigenvalue weighted by molar-refractivity contribution is 0.0967. The van der Waals surface area contributed by atoms with E-state index in [0.29, 0.717) is 42.2 Å². The van der Waals surface area contributed by atoms with E-state index in [1.807, 2.05) is 20.0 Å². The first-order valence-electron chi connectivity index (χ1n) is 12.7. The number of carbonyl (C=O) groups is 1. The lowest BCUT2D eigenvalue weighted by Gasteiger charge is -2.16. The van der Waals surface area contributed by atoms with Gasteiger partial charge in [-0.2, -0.15) is 5.10 Å². The summed E-state index contributed by atoms with van der Waals surface area (Å²) in [6.07, 6.45) is 6.68. The van der Waals surface area contributed by atoms with Crippen molar-refractivity contribution < 1.29 is 19.0 Å². The lowest BCUT2D eigenvalue weighted by atomic mass is 10.0. The third-order valence-electron chi connectivity index (χ3n) is 7.42. The molecule has 12 heteroatoms. The standard InChI is InChI=1S/C24H32N8O4/c1-24(6-7-24)28-23(33)36-16-4-3-15(9-16)17-10-18(30-29-17)27-21-20-19(25-13-26-21)22(31-32(20)2)35-12-14-5-8-34-11-14/h10,13-16H,3-9,11-12H2,1-2H3,(H,28,33)(H2,25,26,27,29,30). The van der Waals surface area contributed by atoms with E-state index in [0.717, 1.165) is 56.3 Å². The van der Waals surface area contributed by atoms with Gasteiger partial charge in [-0.1, -0.05) is 0 Å². The van der Waals surface area contributed by atoms with Crippen LogP contribution in [-0.2, 0) is 16.5 Å². The van der Waals surface area contributed by atoms with Crippen molar-refractivity contribution in [3.05, 3.63) is 18.1 Å². The molecule has 4 heterocycles. The molecule has 3 unspecified atom stereocenters. The molecule has 2 saturated carbocycles. The number of hydrogen-bond donors (Lipinski definition) is 3. The van der Waals surface area contributed by atoms with Crippen molar-refractivity contribution in [2.75, 3.05) is 25.1 Å². The highest BCUT2D eigenvalue weighted by Gasteiger charge is 2.40. The van der Waals surface area contributed by atoms with Crippen molar-refractivity contribution in [2.24, 2.45) is 13.0 Å². The van der Waals surface area contributed by atoms with Gasteiger partial charge >= 0.3 is 6.09 Å². The number of nitrogens with one attached hydrogen (secondary N) is 3. The second kappa shape index (κ2) is 9.23. The van der Waals surface area contributed by atoms with Crippen LogP contribution in [0.25, 0.3) is 11.0 Å². The van der Waals surface area contributed by atoms with Crippen LogP contribution in [0.5, 0.6) is 5.88 Å². The topological polar surface area (TPSA) is 141 Å². The highest BCUT2D eigenvalue weighted by Crippen LogP contribution is 2.38. The number of rotatable bonds is 8. The summed E-state index contributed by atoms with van der Waals surface area (Å²) < 4.78 is 18.8. The zero-order valence-electron chi connectivity index (χ0n) is 20.6. The Morgan fingerprint density at radius 2 is 2.19 bits per heavy atom. The molecule has 3 fully saturated rings. The van der Waals surface area contributed by atoms with Crippen molar-refractivity contribution in [1.29, 1.82) is 0 Å². The predicted molar refractivity (Wildman–Crippen MR) is 130 cm³/mol. The predicted octanol–water partition coefficient (Wildman–Crippen LogP) is 3.16. The zero-order chi connectivity index (χ0) is 24.7. The van der Waals surface area contributed by atoms with E-state index in [2.05, 4.69) is 35.9 Å². The number of aryl methyl sites for hydroxylation is 1. The number of alkyl carbamates (subject to hydrolysis) is 1. The van der Waals surface area contributed by atoms with Crippen LogP contribution >= 0.6 is 0 Å². The maximum absolute atomic E-state index is 12.2. The highest BCUT2D eigenvalue weighted by atomic mass is 16.6. The Bertz CT molecular complexity index is 1250. The molecule has 1 aliphatic heterocycles. The quantitative estimate of drug-likeness (QED) is 0.429. The van der Waals surface area contributed by atoms with Crippen molar-refractivity contribution in [3.63, 3.8) is 0 Å². The molecule has 3 aromatic rings. The maximum Gasteiger partial charge on any atom is 0.407 e. The number of nitrogens with zero attached hydrogens (tertiary/aromatic N) is 5. The Kier molecular flexibility index (Phi) is 5.90. The van der Waals surface area contributed by atoms with Crippen LogP contribution in [0.3, 0.4) is 0 Å². The number of aromatic amines is 1. The Balaban J connectivity index is 1.10. The first kappa shape index (κ1) is 23.0. The summed E-state index contributed by atoms with van der Waals surface area (Å²) in [5.41, 5.74) is 2.33. The van der Waals surface area contributed by atoms with Gasteiger partial charge in [-0.3, -0.25) is 9.78 Å². The molecule has 1 saturated heterocycles. The molecule has 6 rings (SSSR count). The molecule has 3 aliphatic rings. The Hall–Kier alpha value is -3.41. The van der Waals surface area contributed by atoms with Gasteiger partial charge in [-0.15, -0.1) is 5.10 Å². The highest BCUT2D eigenvalue weighted by molar-refractivity contribution is 5.90. The summed E-state index contributed by atoms with van der Waals surface area (Å²) in [4.78, 5) is 21.0. The number of aromatic nitrogens is 6. The van der Waals surface area contributed by atoms with E-state index in [1.54, 1.807) is 4.68 Å². The second-order valence-corrected chi connectivity index (χ2v) is 10.4. The summed E-state index contributed by atoms with van der Waals surface area (Å²) in [5.74, 6) is 2.37. The number of anilines is 2. The molecule has 0 radical (unpaired) electrons. The summed E-state index contributed by atoms with van der Waals surface area (Å²) in [7, 11) is 1.84.